The van der Waals surface area contributed by atoms with Crippen LogP contribution in [0.5, 0.6) is 0 Å². The number of pyridine rings is 1. The number of aryl methyl sites for hydroxylation is 2. The van der Waals surface area contributed by atoms with Crippen LogP contribution in [0.25, 0.3) is 38.7 Å². The molecule has 0 aliphatic carbocycles. The zero-order valence-corrected chi connectivity index (χ0v) is 16.6. The number of fused-ring (bicyclic) bond motifs is 6. The van der Waals surface area contributed by atoms with Crippen molar-refractivity contribution in [2.45, 2.75) is 13.8 Å². The van der Waals surface area contributed by atoms with Crippen molar-refractivity contribution >= 4 is 27.3 Å². The second-order valence-corrected chi connectivity index (χ2v) is 6.08. The maximum absolute atomic E-state index is 4.50. The molecule has 0 unspecified atom stereocenters. The summed E-state index contributed by atoms with van der Waals surface area (Å²) < 4.78 is 2.09. The van der Waals surface area contributed by atoms with Crippen LogP contribution in [0.3, 0.4) is 0 Å². The largest absolute Gasteiger partial charge is 0.316 e. The molecule has 129 valence electrons. The molecule has 0 fully saturated rings. The molecule has 5 aromatic rings. The van der Waals surface area contributed by atoms with Gasteiger partial charge in [0.15, 0.2) is 5.82 Å². The molecule has 0 N–H and O–H groups in total. The minimum Gasteiger partial charge on any atom is -0.316 e. The quantitative estimate of drug-likeness (QED) is 0.251. The van der Waals surface area contributed by atoms with Gasteiger partial charge < -0.3 is 4.40 Å². The summed E-state index contributed by atoms with van der Waals surface area (Å²) in [5.41, 5.74) is 4.57. The van der Waals surface area contributed by atoms with E-state index in [4.69, 9.17) is 0 Å². The number of hydrogen-bond donors (Lipinski definition) is 0. The topological polar surface area (TPSA) is 56.0 Å². The van der Waals surface area contributed by atoms with Crippen molar-refractivity contribution in [1.29, 1.82) is 0 Å². The Morgan fingerprint density at radius 3 is 2.42 bits per heavy atom. The van der Waals surface area contributed by atoms with Gasteiger partial charge in [-0.3, -0.25) is 0 Å². The average molecular weight is 517 g/mol. The van der Waals surface area contributed by atoms with Crippen molar-refractivity contribution in [1.82, 2.24) is 24.6 Å². The van der Waals surface area contributed by atoms with Gasteiger partial charge in [0.1, 0.15) is 6.33 Å². The third-order valence-corrected chi connectivity index (χ3v) is 4.63. The van der Waals surface area contributed by atoms with Gasteiger partial charge in [-0.2, -0.15) is 5.10 Å². The Balaban J connectivity index is 0.00000168. The average Bonchev–Trinajstić information content (AvgIpc) is 3.07. The zero-order valence-electron chi connectivity index (χ0n) is 14.2. The number of para-hydroxylation sites is 1. The van der Waals surface area contributed by atoms with Crippen LogP contribution in [-0.2, 0) is 20.1 Å². The molecule has 0 saturated carbocycles. The van der Waals surface area contributed by atoms with E-state index in [0.29, 0.717) is 0 Å². The molecule has 3 aromatic heterocycles. The standard InChI is InChI=1S/C20H14N5.Ir/c1-12-18(13(2)22-11-21-12)20-24-23-19-16-9-4-3-7-14(16)15-8-5-6-10-17(15)25(19)20;/h3-8,10-11H,1-2H3;/q-1;. The molecule has 5 nitrogen and oxygen atoms in total. The van der Waals surface area contributed by atoms with E-state index >= 15 is 0 Å². The molecule has 0 bridgehead atoms. The maximum Gasteiger partial charge on any atom is 0.163 e. The van der Waals surface area contributed by atoms with Gasteiger partial charge in [0.05, 0.1) is 22.6 Å². The van der Waals surface area contributed by atoms with Crippen LogP contribution in [0.4, 0.5) is 0 Å². The summed E-state index contributed by atoms with van der Waals surface area (Å²) in [6.07, 6.45) is 1.58. The van der Waals surface area contributed by atoms with E-state index in [1.165, 1.54) is 0 Å². The first kappa shape index (κ1) is 16.8. The van der Waals surface area contributed by atoms with Crippen LogP contribution < -0.4 is 0 Å². The van der Waals surface area contributed by atoms with Crippen molar-refractivity contribution in [2.24, 2.45) is 0 Å². The van der Waals surface area contributed by atoms with E-state index < -0.39 is 0 Å². The molecule has 6 heteroatoms. The first-order valence-corrected chi connectivity index (χ1v) is 8.10. The number of aromatic nitrogens is 5. The molecule has 3 heterocycles. The zero-order chi connectivity index (χ0) is 17.0. The Morgan fingerprint density at radius 1 is 0.885 bits per heavy atom. The molecule has 0 saturated heterocycles. The van der Waals surface area contributed by atoms with Crippen molar-refractivity contribution < 1.29 is 20.1 Å². The summed E-state index contributed by atoms with van der Waals surface area (Å²) in [6.45, 7) is 3.95. The Bertz CT molecular complexity index is 1260. The Kier molecular flexibility index (Phi) is 4.02. The fourth-order valence-electron chi connectivity index (χ4n) is 3.50. The molecule has 2 aromatic carbocycles. The first-order valence-electron chi connectivity index (χ1n) is 8.10. The van der Waals surface area contributed by atoms with Gasteiger partial charge in [0.2, 0.25) is 0 Å². The van der Waals surface area contributed by atoms with Crippen LogP contribution in [-0.4, -0.2) is 24.6 Å². The van der Waals surface area contributed by atoms with E-state index in [1.807, 2.05) is 38.1 Å². The van der Waals surface area contributed by atoms with Gasteiger partial charge in [-0.15, -0.1) is 29.4 Å². The van der Waals surface area contributed by atoms with Crippen molar-refractivity contribution in [3.05, 3.63) is 66.2 Å². The van der Waals surface area contributed by atoms with Crippen molar-refractivity contribution in [3.63, 3.8) is 0 Å². The van der Waals surface area contributed by atoms with E-state index in [0.717, 1.165) is 50.1 Å². The predicted molar refractivity (Wildman–Crippen MR) is 97.3 cm³/mol. The molecular formula is C20H14IrN5-. The van der Waals surface area contributed by atoms with E-state index in [2.05, 4.69) is 48.8 Å². The van der Waals surface area contributed by atoms with Gasteiger partial charge in [-0.25, -0.2) is 9.97 Å². The van der Waals surface area contributed by atoms with Gasteiger partial charge >= 0.3 is 0 Å². The Hall–Kier alpha value is -2.69. The summed E-state index contributed by atoms with van der Waals surface area (Å²) >= 11 is 0. The SMILES string of the molecule is Cc1ncnc(C)c1-c1nnc2c3[c-]cccc3c3ccccc3n12.[Ir]. The van der Waals surface area contributed by atoms with Gasteiger partial charge in [-0.1, -0.05) is 29.0 Å². The molecule has 1 radical (unpaired) electrons. The monoisotopic (exact) mass is 517 g/mol. The van der Waals surface area contributed by atoms with Crippen molar-refractivity contribution in [2.75, 3.05) is 0 Å². The van der Waals surface area contributed by atoms with Gasteiger partial charge in [-0.05, 0) is 25.3 Å². The third-order valence-electron chi connectivity index (χ3n) is 4.63. The van der Waals surface area contributed by atoms with Crippen LogP contribution in [0.2, 0.25) is 0 Å². The molecule has 26 heavy (non-hydrogen) atoms. The van der Waals surface area contributed by atoms with Gasteiger partial charge in [0.25, 0.3) is 0 Å². The number of rotatable bonds is 1. The molecular weight excluding hydrogens is 502 g/mol. The van der Waals surface area contributed by atoms with E-state index in [-0.39, 0.29) is 20.1 Å². The molecule has 0 spiro atoms. The summed E-state index contributed by atoms with van der Waals surface area (Å²) in [5.74, 6) is 0.765. The summed E-state index contributed by atoms with van der Waals surface area (Å²) in [7, 11) is 0. The van der Waals surface area contributed by atoms with Crippen LogP contribution in [0.1, 0.15) is 11.4 Å². The van der Waals surface area contributed by atoms with Crippen molar-refractivity contribution in [3.8, 4) is 11.4 Å². The van der Waals surface area contributed by atoms with Crippen LogP contribution in [0, 0.1) is 19.9 Å². The number of benzene rings is 2. The first-order chi connectivity index (χ1) is 12.3. The molecule has 0 aliphatic heterocycles. The Morgan fingerprint density at radius 2 is 1.62 bits per heavy atom. The summed E-state index contributed by atoms with van der Waals surface area (Å²) in [6, 6.07) is 17.6. The molecule has 0 amide bonds. The summed E-state index contributed by atoms with van der Waals surface area (Å²) in [4.78, 5) is 8.69. The fourth-order valence-corrected chi connectivity index (χ4v) is 3.50. The Labute approximate surface area is 163 Å². The van der Waals surface area contributed by atoms with E-state index in [1.54, 1.807) is 6.33 Å². The second kappa shape index (κ2) is 6.23. The molecule has 0 atom stereocenters. The predicted octanol–water partition coefficient (Wildman–Crippen LogP) is 3.91. The number of nitrogens with zero attached hydrogens (tertiary/aromatic N) is 5. The molecule has 5 rings (SSSR count). The molecule has 0 aliphatic rings. The number of hydrogen-bond acceptors (Lipinski definition) is 4. The fraction of sp³-hybridized carbons (Fsp3) is 0.100. The van der Waals surface area contributed by atoms with Crippen LogP contribution >= 0.6 is 0 Å². The van der Waals surface area contributed by atoms with E-state index in [9.17, 15) is 0 Å². The maximum atomic E-state index is 4.50. The smallest absolute Gasteiger partial charge is 0.163 e. The minimum atomic E-state index is 0. The van der Waals surface area contributed by atoms with Gasteiger partial charge in [0, 0.05) is 25.6 Å². The summed E-state index contributed by atoms with van der Waals surface area (Å²) in [5, 5.41) is 12.2. The second-order valence-electron chi connectivity index (χ2n) is 6.08. The minimum absolute atomic E-state index is 0. The third kappa shape index (κ3) is 2.26. The van der Waals surface area contributed by atoms with Crippen LogP contribution in [0.15, 0.2) is 48.8 Å². The normalized spacial score (nSPS) is 11.2.